The third-order valence-electron chi connectivity index (χ3n) is 3.60. The lowest BCUT2D eigenvalue weighted by atomic mass is 9.86. The highest BCUT2D eigenvalue weighted by Crippen LogP contribution is 2.20. The number of nitrogens with zero attached hydrogens (tertiary/aromatic N) is 1. The van der Waals surface area contributed by atoms with E-state index in [2.05, 4.69) is 17.1 Å². The molecule has 0 aromatic heterocycles. The van der Waals surface area contributed by atoms with Crippen LogP contribution in [0.15, 0.2) is 0 Å². The van der Waals surface area contributed by atoms with Gasteiger partial charge in [-0.05, 0) is 38.8 Å². The van der Waals surface area contributed by atoms with Gasteiger partial charge in [0.05, 0.1) is 0 Å². The van der Waals surface area contributed by atoms with Crippen LogP contribution in [-0.4, -0.2) is 42.7 Å². The first-order valence-electron chi connectivity index (χ1n) is 6.02. The Balaban J connectivity index is 1.69. The molecular formula is C11H23N3. The molecule has 0 aromatic rings. The summed E-state index contributed by atoms with van der Waals surface area (Å²) in [6.45, 7) is 5.98. The first-order chi connectivity index (χ1) is 6.78. The third-order valence-corrected chi connectivity index (χ3v) is 3.60. The molecular weight excluding hydrogens is 174 g/mol. The van der Waals surface area contributed by atoms with Gasteiger partial charge in [0.2, 0.25) is 0 Å². The Kier molecular flexibility index (Phi) is 3.42. The van der Waals surface area contributed by atoms with Gasteiger partial charge in [0, 0.05) is 24.7 Å². The second-order valence-electron chi connectivity index (χ2n) is 4.83. The van der Waals surface area contributed by atoms with E-state index < -0.39 is 0 Å². The minimum atomic E-state index is 0.471. The first kappa shape index (κ1) is 10.4. The van der Waals surface area contributed by atoms with Crippen molar-refractivity contribution in [3.8, 4) is 0 Å². The van der Waals surface area contributed by atoms with E-state index in [1.54, 1.807) is 0 Å². The quantitative estimate of drug-likeness (QED) is 0.694. The molecule has 1 unspecified atom stereocenters. The van der Waals surface area contributed by atoms with Crippen LogP contribution in [0.25, 0.3) is 0 Å². The molecule has 1 heterocycles. The molecule has 3 N–H and O–H groups in total. The Hall–Kier alpha value is -0.120. The van der Waals surface area contributed by atoms with Crippen LogP contribution in [0.2, 0.25) is 0 Å². The van der Waals surface area contributed by atoms with Gasteiger partial charge in [-0.15, -0.1) is 0 Å². The Morgan fingerprint density at radius 1 is 1.36 bits per heavy atom. The van der Waals surface area contributed by atoms with Gasteiger partial charge in [0.1, 0.15) is 0 Å². The van der Waals surface area contributed by atoms with Crippen molar-refractivity contribution in [1.29, 1.82) is 0 Å². The van der Waals surface area contributed by atoms with E-state index in [0.29, 0.717) is 12.1 Å². The van der Waals surface area contributed by atoms with Crippen molar-refractivity contribution in [3.63, 3.8) is 0 Å². The molecule has 1 saturated heterocycles. The number of nitrogens with two attached hydrogens (primary N) is 1. The lowest BCUT2D eigenvalue weighted by Crippen LogP contribution is -2.55. The van der Waals surface area contributed by atoms with Crippen LogP contribution < -0.4 is 11.1 Å². The van der Waals surface area contributed by atoms with E-state index in [1.807, 2.05) is 0 Å². The zero-order valence-corrected chi connectivity index (χ0v) is 9.21. The zero-order valence-electron chi connectivity index (χ0n) is 9.21. The Morgan fingerprint density at radius 2 is 2.14 bits per heavy atom. The van der Waals surface area contributed by atoms with Crippen LogP contribution in [0.1, 0.15) is 32.6 Å². The molecule has 3 nitrogen and oxygen atoms in total. The maximum atomic E-state index is 5.78. The summed E-state index contributed by atoms with van der Waals surface area (Å²) in [5.41, 5.74) is 5.78. The number of hydrogen-bond acceptors (Lipinski definition) is 3. The molecule has 1 aliphatic carbocycles. The van der Waals surface area contributed by atoms with Gasteiger partial charge in [0.15, 0.2) is 0 Å². The fourth-order valence-corrected chi connectivity index (χ4v) is 2.61. The van der Waals surface area contributed by atoms with Crippen LogP contribution in [0, 0.1) is 0 Å². The van der Waals surface area contributed by atoms with Crippen LogP contribution in [-0.2, 0) is 0 Å². The van der Waals surface area contributed by atoms with E-state index in [0.717, 1.165) is 6.04 Å². The zero-order chi connectivity index (χ0) is 9.97. The van der Waals surface area contributed by atoms with Crippen LogP contribution >= 0.6 is 0 Å². The molecule has 0 amide bonds. The predicted molar refractivity (Wildman–Crippen MR) is 59.3 cm³/mol. The lowest BCUT2D eigenvalue weighted by molar-refractivity contribution is 0.168. The number of likely N-dealkylation sites (N-methyl/N-ethyl adjacent to an activating group) is 1. The molecule has 82 valence electrons. The maximum Gasteiger partial charge on any atom is 0.0198 e. The van der Waals surface area contributed by atoms with Crippen LogP contribution in [0.3, 0.4) is 0 Å². The summed E-state index contributed by atoms with van der Waals surface area (Å²) in [6.07, 6.45) is 5.07. The van der Waals surface area contributed by atoms with Gasteiger partial charge >= 0.3 is 0 Å². The van der Waals surface area contributed by atoms with Gasteiger partial charge in [-0.1, -0.05) is 6.92 Å². The maximum absolute atomic E-state index is 5.78. The van der Waals surface area contributed by atoms with Gasteiger partial charge in [-0.2, -0.15) is 0 Å². The summed E-state index contributed by atoms with van der Waals surface area (Å²) < 4.78 is 0. The van der Waals surface area contributed by atoms with E-state index in [1.165, 1.54) is 45.3 Å². The fraction of sp³-hybridized carbons (Fsp3) is 1.00. The van der Waals surface area contributed by atoms with Crippen molar-refractivity contribution in [1.82, 2.24) is 10.2 Å². The van der Waals surface area contributed by atoms with Crippen LogP contribution in [0.5, 0.6) is 0 Å². The topological polar surface area (TPSA) is 41.3 Å². The van der Waals surface area contributed by atoms with Crippen molar-refractivity contribution >= 4 is 0 Å². The SMILES string of the molecule is CCN1CCCC(NC2CC(N)C2)C1. The molecule has 0 spiro atoms. The largest absolute Gasteiger partial charge is 0.328 e. The Bertz CT molecular complexity index is 177. The van der Waals surface area contributed by atoms with Gasteiger partial charge in [0.25, 0.3) is 0 Å². The summed E-state index contributed by atoms with van der Waals surface area (Å²) in [4.78, 5) is 2.54. The Labute approximate surface area is 87.0 Å². The first-order valence-corrected chi connectivity index (χ1v) is 6.02. The number of piperidine rings is 1. The summed E-state index contributed by atoms with van der Waals surface area (Å²) in [5, 5.41) is 3.73. The summed E-state index contributed by atoms with van der Waals surface area (Å²) in [5.74, 6) is 0. The normalized spacial score (nSPS) is 39.4. The highest BCUT2D eigenvalue weighted by Gasteiger charge is 2.29. The second-order valence-corrected chi connectivity index (χ2v) is 4.83. The molecule has 3 heteroatoms. The van der Waals surface area contributed by atoms with E-state index in [4.69, 9.17) is 5.73 Å². The van der Waals surface area contributed by atoms with Crippen molar-refractivity contribution in [2.45, 2.75) is 50.7 Å². The molecule has 2 aliphatic rings. The highest BCUT2D eigenvalue weighted by atomic mass is 15.2. The van der Waals surface area contributed by atoms with Gasteiger partial charge < -0.3 is 16.0 Å². The highest BCUT2D eigenvalue weighted by molar-refractivity contribution is 4.91. The monoisotopic (exact) mass is 197 g/mol. The summed E-state index contributed by atoms with van der Waals surface area (Å²) in [6, 6.07) is 1.91. The summed E-state index contributed by atoms with van der Waals surface area (Å²) in [7, 11) is 0. The average molecular weight is 197 g/mol. The molecule has 1 atom stereocenters. The number of nitrogens with one attached hydrogen (secondary N) is 1. The molecule has 0 bridgehead atoms. The van der Waals surface area contributed by atoms with Gasteiger partial charge in [-0.3, -0.25) is 0 Å². The summed E-state index contributed by atoms with van der Waals surface area (Å²) >= 11 is 0. The number of hydrogen-bond donors (Lipinski definition) is 2. The smallest absolute Gasteiger partial charge is 0.0198 e. The molecule has 0 aromatic carbocycles. The minimum absolute atomic E-state index is 0.471. The van der Waals surface area contributed by atoms with Crippen molar-refractivity contribution in [3.05, 3.63) is 0 Å². The Morgan fingerprint density at radius 3 is 2.79 bits per heavy atom. The van der Waals surface area contributed by atoms with Crippen molar-refractivity contribution in [2.24, 2.45) is 5.73 Å². The number of rotatable bonds is 3. The van der Waals surface area contributed by atoms with E-state index in [-0.39, 0.29) is 0 Å². The standard InChI is InChI=1S/C11H23N3/c1-2-14-5-3-4-10(8-14)13-11-6-9(12)7-11/h9-11,13H,2-8,12H2,1H3. The van der Waals surface area contributed by atoms with Crippen molar-refractivity contribution < 1.29 is 0 Å². The average Bonchev–Trinajstić information content (AvgIpc) is 2.16. The molecule has 1 aliphatic heterocycles. The fourth-order valence-electron chi connectivity index (χ4n) is 2.61. The molecule has 14 heavy (non-hydrogen) atoms. The number of likely N-dealkylation sites (tertiary alicyclic amines) is 1. The lowest BCUT2D eigenvalue weighted by Gasteiger charge is -2.40. The minimum Gasteiger partial charge on any atom is -0.328 e. The van der Waals surface area contributed by atoms with Crippen LogP contribution in [0.4, 0.5) is 0 Å². The molecule has 2 rings (SSSR count). The van der Waals surface area contributed by atoms with E-state index >= 15 is 0 Å². The second kappa shape index (κ2) is 4.60. The third kappa shape index (κ3) is 2.47. The molecule has 2 fully saturated rings. The van der Waals surface area contributed by atoms with Gasteiger partial charge in [-0.25, -0.2) is 0 Å². The predicted octanol–water partition coefficient (Wildman–Crippen LogP) is 0.550. The molecule has 0 radical (unpaired) electrons. The van der Waals surface area contributed by atoms with E-state index in [9.17, 15) is 0 Å². The molecule has 1 saturated carbocycles. The van der Waals surface area contributed by atoms with Crippen molar-refractivity contribution in [2.75, 3.05) is 19.6 Å².